The fourth-order valence-electron chi connectivity index (χ4n) is 0.157. The molecule has 0 heterocycles. The van der Waals surface area contributed by atoms with E-state index >= 15 is 0 Å². The summed E-state index contributed by atoms with van der Waals surface area (Å²) >= 11 is 0. The van der Waals surface area contributed by atoms with Crippen LogP contribution in [0.4, 0.5) is 8.63 Å². The average Bonchev–Trinajstić information content (AvgIpc) is 1.80. The molecule has 0 aliphatic carbocycles. The average molecular weight is 134 g/mol. The van der Waals surface area contributed by atoms with Crippen molar-refractivity contribution in [2.75, 3.05) is 6.61 Å². The topological polar surface area (TPSA) is 18.5 Å². The van der Waals surface area contributed by atoms with Crippen molar-refractivity contribution >= 4 is 7.27 Å². The van der Waals surface area contributed by atoms with Gasteiger partial charge in [-0.1, -0.05) is 0 Å². The molecule has 9 heavy (non-hydrogen) atoms. The Balaban J connectivity index is 3.16. The van der Waals surface area contributed by atoms with Crippen LogP contribution in [0.1, 0.15) is 6.92 Å². The van der Waals surface area contributed by atoms with Gasteiger partial charge in [-0.3, -0.25) is 13.5 Å². The number of hydrogen-bond donors (Lipinski definition) is 0. The molecule has 0 saturated carbocycles. The highest BCUT2D eigenvalue weighted by atomic mass is 19.2. The highest BCUT2D eigenvalue weighted by Gasteiger charge is 2.05. The van der Waals surface area contributed by atoms with Gasteiger partial charge < -0.3 is 0 Å². The van der Waals surface area contributed by atoms with Crippen molar-refractivity contribution in [2.45, 2.75) is 6.92 Å². The zero-order valence-electron chi connectivity index (χ0n) is 4.86. The van der Waals surface area contributed by atoms with E-state index in [9.17, 15) is 8.63 Å². The predicted octanol–water partition coefficient (Wildman–Crippen LogP) is 0.882. The maximum absolute atomic E-state index is 11.2. The summed E-state index contributed by atoms with van der Waals surface area (Å²) in [6.45, 7) is 1.95. The van der Waals surface area contributed by atoms with Crippen LogP contribution in [-0.2, 0) is 9.78 Å². The first kappa shape index (κ1) is 8.24. The van der Waals surface area contributed by atoms with Crippen molar-refractivity contribution in [1.29, 1.82) is 0 Å². The predicted molar refractivity (Wildman–Crippen MR) is 28.5 cm³/mol. The highest BCUT2D eigenvalue weighted by molar-refractivity contribution is 6.52. The van der Waals surface area contributed by atoms with E-state index in [1.807, 2.05) is 0 Å². The van der Waals surface area contributed by atoms with Crippen LogP contribution in [0.3, 0.4) is 0 Å². The van der Waals surface area contributed by atoms with E-state index < -0.39 is 7.27 Å². The Kier molecular flexibility index (Phi) is 4.93. The first-order valence-electron chi connectivity index (χ1n) is 2.34. The standard InChI is InChI=1S/C4H5BF2O2/c1-2-8-9-4-3-5(6)7/h2H2,1H3. The molecule has 0 spiro atoms. The van der Waals surface area contributed by atoms with E-state index in [2.05, 4.69) is 9.78 Å². The number of rotatable bonds is 2. The van der Waals surface area contributed by atoms with Crippen LogP contribution in [0.25, 0.3) is 0 Å². The van der Waals surface area contributed by atoms with Gasteiger partial charge in [-0.15, -0.1) is 0 Å². The van der Waals surface area contributed by atoms with Crippen LogP contribution in [0.15, 0.2) is 0 Å². The lowest BCUT2D eigenvalue weighted by Gasteiger charge is -1.87. The largest absolute Gasteiger partial charge is 0.631 e. The van der Waals surface area contributed by atoms with E-state index in [-0.39, 0.29) is 6.61 Å². The van der Waals surface area contributed by atoms with E-state index in [0.29, 0.717) is 0 Å². The molecule has 2 nitrogen and oxygen atoms in total. The minimum atomic E-state index is -2.66. The molecule has 50 valence electrons. The summed E-state index contributed by atoms with van der Waals surface area (Å²) in [6, 6.07) is 0. The molecule has 0 rings (SSSR count). The van der Waals surface area contributed by atoms with Gasteiger partial charge in [0, 0.05) is 0 Å². The molecule has 0 radical (unpaired) electrons. The maximum Gasteiger partial charge on any atom is 0.631 e. The first-order chi connectivity index (χ1) is 4.27. The monoisotopic (exact) mass is 134 g/mol. The molecule has 0 N–H and O–H groups in total. The van der Waals surface area contributed by atoms with Gasteiger partial charge in [-0.05, 0) is 12.7 Å². The summed E-state index contributed by atoms with van der Waals surface area (Å²) in [5, 5.41) is 0. The van der Waals surface area contributed by atoms with E-state index in [4.69, 9.17) is 0 Å². The van der Waals surface area contributed by atoms with Crippen molar-refractivity contribution in [1.82, 2.24) is 0 Å². The van der Waals surface area contributed by atoms with E-state index in [0.717, 1.165) is 0 Å². The third kappa shape index (κ3) is 7.24. The highest BCUT2D eigenvalue weighted by Crippen LogP contribution is 1.80. The fourth-order valence-corrected chi connectivity index (χ4v) is 0.157. The lowest BCUT2D eigenvalue weighted by Crippen LogP contribution is -1.91. The zero-order valence-corrected chi connectivity index (χ0v) is 4.86. The third-order valence-electron chi connectivity index (χ3n) is 0.386. The minimum absolute atomic E-state index is 0.290. The molecule has 0 atom stereocenters. The van der Waals surface area contributed by atoms with Crippen molar-refractivity contribution in [3.8, 4) is 11.9 Å². The molecule has 0 bridgehead atoms. The summed E-state index contributed by atoms with van der Waals surface area (Å²) in [5.74, 6) is 1.45. The lowest BCUT2D eigenvalue weighted by atomic mass is 10.0. The summed E-state index contributed by atoms with van der Waals surface area (Å²) in [7, 11) is -2.66. The van der Waals surface area contributed by atoms with Crippen LogP contribution < -0.4 is 0 Å². The van der Waals surface area contributed by atoms with Crippen LogP contribution in [0.5, 0.6) is 0 Å². The minimum Gasteiger partial charge on any atom is -0.283 e. The smallest absolute Gasteiger partial charge is 0.283 e. The van der Waals surface area contributed by atoms with E-state index in [1.165, 1.54) is 5.82 Å². The molecule has 0 amide bonds. The molecule has 0 aromatic rings. The second-order valence-electron chi connectivity index (χ2n) is 1.04. The van der Waals surface area contributed by atoms with Gasteiger partial charge in [0.15, 0.2) is 6.11 Å². The number of halogens is 2. The quantitative estimate of drug-likeness (QED) is 0.183. The van der Waals surface area contributed by atoms with Gasteiger partial charge in [0.05, 0.1) is 6.61 Å². The lowest BCUT2D eigenvalue weighted by molar-refractivity contribution is -0.232. The van der Waals surface area contributed by atoms with Gasteiger partial charge in [0.25, 0.3) is 0 Å². The normalized spacial score (nSPS) is 7.44. The Morgan fingerprint density at radius 3 is 2.67 bits per heavy atom. The number of hydrogen-bond acceptors (Lipinski definition) is 2. The summed E-state index contributed by atoms with van der Waals surface area (Å²) in [5.41, 5.74) is 0. The second-order valence-corrected chi connectivity index (χ2v) is 1.04. The van der Waals surface area contributed by atoms with Crippen molar-refractivity contribution in [3.05, 3.63) is 0 Å². The zero-order chi connectivity index (χ0) is 7.11. The summed E-state index contributed by atoms with van der Waals surface area (Å²) < 4.78 is 22.3. The van der Waals surface area contributed by atoms with Gasteiger partial charge >= 0.3 is 7.27 Å². The SMILES string of the molecule is CCOOC#CB(F)F. The van der Waals surface area contributed by atoms with Crippen LogP contribution >= 0.6 is 0 Å². The van der Waals surface area contributed by atoms with Gasteiger partial charge in [-0.2, -0.15) is 4.89 Å². The van der Waals surface area contributed by atoms with Gasteiger partial charge in [-0.25, -0.2) is 0 Å². The van der Waals surface area contributed by atoms with Crippen molar-refractivity contribution < 1.29 is 18.4 Å². The molecule has 0 aliphatic rings. The molecule has 0 unspecified atom stereocenters. The maximum atomic E-state index is 11.2. The third-order valence-corrected chi connectivity index (χ3v) is 0.386. The Morgan fingerprint density at radius 2 is 2.22 bits per heavy atom. The Bertz CT molecular complexity index is 117. The molecular formula is C4H5BF2O2. The van der Waals surface area contributed by atoms with Gasteiger partial charge in [0.1, 0.15) is 0 Å². The van der Waals surface area contributed by atoms with Gasteiger partial charge in [0.2, 0.25) is 0 Å². The summed E-state index contributed by atoms with van der Waals surface area (Å²) in [4.78, 5) is 8.13. The Hall–Kier alpha value is -0.755. The second kappa shape index (κ2) is 5.38. The fraction of sp³-hybridized carbons (Fsp3) is 0.500. The molecule has 0 fully saturated rings. The van der Waals surface area contributed by atoms with E-state index in [1.54, 1.807) is 13.0 Å². The Morgan fingerprint density at radius 1 is 1.56 bits per heavy atom. The molecule has 0 aliphatic heterocycles. The summed E-state index contributed by atoms with van der Waals surface area (Å²) in [6.07, 6.45) is 1.66. The molecular weight excluding hydrogens is 129 g/mol. The van der Waals surface area contributed by atoms with Crippen LogP contribution in [0, 0.1) is 11.9 Å². The molecule has 0 aromatic carbocycles. The van der Waals surface area contributed by atoms with Crippen molar-refractivity contribution in [3.63, 3.8) is 0 Å². The van der Waals surface area contributed by atoms with Crippen molar-refractivity contribution in [2.24, 2.45) is 0 Å². The van der Waals surface area contributed by atoms with Crippen LogP contribution in [-0.4, -0.2) is 13.9 Å². The molecule has 5 heteroatoms. The molecule has 0 aromatic heterocycles. The van der Waals surface area contributed by atoms with Crippen LogP contribution in [0.2, 0.25) is 0 Å². The Labute approximate surface area is 52.2 Å². The molecule has 0 saturated heterocycles. The first-order valence-corrected chi connectivity index (χ1v) is 2.34.